The van der Waals surface area contributed by atoms with Gasteiger partial charge in [-0.3, -0.25) is 4.79 Å². The monoisotopic (exact) mass is 276 g/mol. The van der Waals surface area contributed by atoms with Crippen LogP contribution in [0, 0.1) is 12.8 Å². The van der Waals surface area contributed by atoms with Gasteiger partial charge in [0.1, 0.15) is 5.75 Å². The van der Waals surface area contributed by atoms with E-state index < -0.39 is 5.54 Å². The van der Waals surface area contributed by atoms with E-state index >= 15 is 0 Å². The molecule has 0 aromatic heterocycles. The van der Waals surface area contributed by atoms with E-state index in [4.69, 9.17) is 10.5 Å². The number of amides is 1. The number of benzene rings is 1. The molecule has 1 saturated carbocycles. The number of ether oxygens (including phenoxy) is 1. The first kappa shape index (κ1) is 14.9. The Bertz CT molecular complexity index is 488. The Hall–Kier alpha value is -1.55. The summed E-state index contributed by atoms with van der Waals surface area (Å²) >= 11 is 0. The van der Waals surface area contributed by atoms with Crippen LogP contribution in [0.3, 0.4) is 0 Å². The number of nitrogens with two attached hydrogens (primary N) is 1. The summed E-state index contributed by atoms with van der Waals surface area (Å²) in [5, 5.41) is 2.86. The zero-order valence-corrected chi connectivity index (χ0v) is 12.5. The van der Waals surface area contributed by atoms with Crippen molar-refractivity contribution in [3.05, 3.63) is 29.3 Å². The lowest BCUT2D eigenvalue weighted by atomic mass is 10.1. The lowest BCUT2D eigenvalue weighted by Gasteiger charge is -2.19. The normalized spacial score (nSPS) is 15.0. The summed E-state index contributed by atoms with van der Waals surface area (Å²) in [4.78, 5) is 11.8. The lowest BCUT2D eigenvalue weighted by Crippen LogP contribution is -2.48. The zero-order valence-electron chi connectivity index (χ0n) is 12.5. The third-order valence-corrected chi connectivity index (χ3v) is 3.42. The summed E-state index contributed by atoms with van der Waals surface area (Å²) < 4.78 is 5.88. The van der Waals surface area contributed by atoms with Gasteiger partial charge in [-0.15, -0.1) is 0 Å². The Labute approximate surface area is 120 Å². The minimum Gasteiger partial charge on any atom is -0.493 e. The van der Waals surface area contributed by atoms with E-state index in [0.717, 1.165) is 23.5 Å². The maximum Gasteiger partial charge on any atom is 0.239 e. The highest BCUT2D eigenvalue weighted by Gasteiger charge is 2.23. The summed E-state index contributed by atoms with van der Waals surface area (Å²) in [5.41, 5.74) is 7.06. The first-order valence-electron chi connectivity index (χ1n) is 7.16. The third kappa shape index (κ3) is 4.23. The van der Waals surface area contributed by atoms with Gasteiger partial charge in [0, 0.05) is 12.1 Å². The fourth-order valence-corrected chi connectivity index (χ4v) is 1.84. The molecule has 1 aromatic rings. The smallest absolute Gasteiger partial charge is 0.239 e. The fraction of sp³-hybridized carbons (Fsp3) is 0.562. The Kier molecular flexibility index (Phi) is 4.33. The summed E-state index contributed by atoms with van der Waals surface area (Å²) in [7, 11) is 0. The largest absolute Gasteiger partial charge is 0.493 e. The average molecular weight is 276 g/mol. The van der Waals surface area contributed by atoms with Crippen molar-refractivity contribution < 1.29 is 9.53 Å². The Morgan fingerprint density at radius 2 is 2.15 bits per heavy atom. The summed E-state index contributed by atoms with van der Waals surface area (Å²) in [6.45, 7) is 6.64. The molecular weight excluding hydrogens is 252 g/mol. The number of aryl methyl sites for hydroxylation is 1. The molecule has 3 N–H and O–H groups in total. The first-order valence-corrected chi connectivity index (χ1v) is 7.16. The SMILES string of the molecule is Cc1ccc(CNC(=O)C(C)(C)N)c(OCC2CC2)c1. The minimum absolute atomic E-state index is 0.161. The van der Waals surface area contributed by atoms with Gasteiger partial charge in [-0.1, -0.05) is 12.1 Å². The third-order valence-electron chi connectivity index (χ3n) is 3.42. The minimum atomic E-state index is -0.861. The van der Waals surface area contributed by atoms with Crippen LogP contribution in [-0.4, -0.2) is 18.1 Å². The average Bonchev–Trinajstić information content (AvgIpc) is 3.17. The predicted molar refractivity (Wildman–Crippen MR) is 79.5 cm³/mol. The van der Waals surface area contributed by atoms with E-state index in [1.807, 2.05) is 25.1 Å². The molecule has 0 radical (unpaired) electrons. The van der Waals surface area contributed by atoms with Crippen LogP contribution in [0.4, 0.5) is 0 Å². The van der Waals surface area contributed by atoms with Gasteiger partial charge in [-0.25, -0.2) is 0 Å². The highest BCUT2D eigenvalue weighted by Crippen LogP contribution is 2.30. The van der Waals surface area contributed by atoms with Crippen molar-refractivity contribution in [3.8, 4) is 5.75 Å². The number of nitrogens with one attached hydrogen (secondary N) is 1. The molecule has 0 saturated heterocycles. The van der Waals surface area contributed by atoms with E-state index in [1.165, 1.54) is 12.8 Å². The molecular formula is C16H24N2O2. The lowest BCUT2D eigenvalue weighted by molar-refractivity contribution is -0.125. The molecule has 4 nitrogen and oxygen atoms in total. The Balaban J connectivity index is 2.00. The molecule has 1 fully saturated rings. The molecule has 0 unspecified atom stereocenters. The van der Waals surface area contributed by atoms with Crippen LogP contribution < -0.4 is 15.8 Å². The van der Waals surface area contributed by atoms with E-state index in [0.29, 0.717) is 12.5 Å². The number of hydrogen-bond donors (Lipinski definition) is 2. The van der Waals surface area contributed by atoms with Crippen molar-refractivity contribution in [1.82, 2.24) is 5.32 Å². The number of carbonyl (C=O) groups excluding carboxylic acids is 1. The van der Waals surface area contributed by atoms with Crippen molar-refractivity contribution in [2.24, 2.45) is 11.7 Å². The molecule has 2 rings (SSSR count). The Morgan fingerprint density at radius 3 is 2.75 bits per heavy atom. The molecule has 0 heterocycles. The van der Waals surface area contributed by atoms with Gasteiger partial charge in [0.15, 0.2) is 0 Å². The topological polar surface area (TPSA) is 64.4 Å². The van der Waals surface area contributed by atoms with Gasteiger partial charge in [-0.2, -0.15) is 0 Å². The second-order valence-electron chi connectivity index (χ2n) is 6.27. The molecule has 1 aliphatic rings. The van der Waals surface area contributed by atoms with Crippen molar-refractivity contribution in [2.45, 2.75) is 45.7 Å². The van der Waals surface area contributed by atoms with Gasteiger partial charge >= 0.3 is 0 Å². The second-order valence-corrected chi connectivity index (χ2v) is 6.27. The first-order chi connectivity index (χ1) is 9.36. The van der Waals surface area contributed by atoms with Crippen LogP contribution in [0.1, 0.15) is 37.8 Å². The van der Waals surface area contributed by atoms with Gasteiger partial charge in [-0.05, 0) is 51.2 Å². The Morgan fingerprint density at radius 1 is 1.45 bits per heavy atom. The van der Waals surface area contributed by atoms with E-state index in [1.54, 1.807) is 13.8 Å². The van der Waals surface area contributed by atoms with Gasteiger partial charge in [0.2, 0.25) is 5.91 Å². The van der Waals surface area contributed by atoms with Crippen LogP contribution in [0.2, 0.25) is 0 Å². The van der Waals surface area contributed by atoms with Crippen LogP contribution >= 0.6 is 0 Å². The van der Waals surface area contributed by atoms with Crippen LogP contribution in [-0.2, 0) is 11.3 Å². The van der Waals surface area contributed by atoms with Gasteiger partial charge in [0.25, 0.3) is 0 Å². The van der Waals surface area contributed by atoms with Crippen LogP contribution in [0.25, 0.3) is 0 Å². The van der Waals surface area contributed by atoms with E-state index in [2.05, 4.69) is 5.32 Å². The molecule has 0 spiro atoms. The van der Waals surface area contributed by atoms with Crippen molar-refractivity contribution in [3.63, 3.8) is 0 Å². The number of carbonyl (C=O) groups is 1. The summed E-state index contributed by atoms with van der Waals surface area (Å²) in [6.07, 6.45) is 2.53. The zero-order chi connectivity index (χ0) is 14.8. The van der Waals surface area contributed by atoms with Crippen LogP contribution in [0.5, 0.6) is 5.75 Å². The highest BCUT2D eigenvalue weighted by atomic mass is 16.5. The molecule has 4 heteroatoms. The molecule has 1 amide bonds. The molecule has 20 heavy (non-hydrogen) atoms. The van der Waals surface area contributed by atoms with Gasteiger partial charge in [0.05, 0.1) is 12.1 Å². The molecule has 0 aliphatic heterocycles. The van der Waals surface area contributed by atoms with E-state index in [9.17, 15) is 4.79 Å². The van der Waals surface area contributed by atoms with Crippen molar-refractivity contribution >= 4 is 5.91 Å². The van der Waals surface area contributed by atoms with E-state index in [-0.39, 0.29) is 5.91 Å². The standard InChI is InChI=1S/C16H24N2O2/c1-11-4-7-13(9-18-15(19)16(2,3)17)14(8-11)20-10-12-5-6-12/h4,7-8,12H,5-6,9-10,17H2,1-3H3,(H,18,19). The molecule has 110 valence electrons. The molecule has 0 atom stereocenters. The predicted octanol–water partition coefficient (Wildman–Crippen LogP) is 2.14. The summed E-state index contributed by atoms with van der Waals surface area (Å²) in [5.74, 6) is 1.42. The molecule has 1 aromatic carbocycles. The molecule has 0 bridgehead atoms. The number of rotatable bonds is 6. The number of hydrogen-bond acceptors (Lipinski definition) is 3. The van der Waals surface area contributed by atoms with Gasteiger partial charge < -0.3 is 15.8 Å². The molecule has 1 aliphatic carbocycles. The quantitative estimate of drug-likeness (QED) is 0.836. The van der Waals surface area contributed by atoms with Crippen molar-refractivity contribution in [2.75, 3.05) is 6.61 Å². The second kappa shape index (κ2) is 5.83. The fourth-order valence-electron chi connectivity index (χ4n) is 1.84. The maximum absolute atomic E-state index is 11.8. The van der Waals surface area contributed by atoms with Crippen molar-refractivity contribution in [1.29, 1.82) is 0 Å². The highest BCUT2D eigenvalue weighted by molar-refractivity contribution is 5.85. The maximum atomic E-state index is 11.8. The summed E-state index contributed by atoms with van der Waals surface area (Å²) in [6, 6.07) is 6.05. The van der Waals surface area contributed by atoms with Crippen LogP contribution in [0.15, 0.2) is 18.2 Å².